The van der Waals surface area contributed by atoms with Crippen molar-refractivity contribution < 1.29 is 9.53 Å². The predicted molar refractivity (Wildman–Crippen MR) is 82.3 cm³/mol. The van der Waals surface area contributed by atoms with Crippen LogP contribution >= 0.6 is 0 Å². The largest absolute Gasteiger partial charge is 0.497 e. The molecule has 0 radical (unpaired) electrons. The molecular weight excluding hydrogens is 260 g/mol. The number of ketones is 1. The zero-order valence-electron chi connectivity index (χ0n) is 11.9. The highest BCUT2D eigenvalue weighted by Crippen LogP contribution is 2.47. The predicted octanol–water partition coefficient (Wildman–Crippen LogP) is 3.71. The second kappa shape index (κ2) is 5.46. The van der Waals surface area contributed by atoms with Gasteiger partial charge in [-0.25, -0.2) is 0 Å². The molecule has 1 aliphatic carbocycles. The molecule has 1 fully saturated rings. The summed E-state index contributed by atoms with van der Waals surface area (Å²) < 4.78 is 5.12. The van der Waals surface area contributed by atoms with Gasteiger partial charge in [-0.3, -0.25) is 4.79 Å². The Hall–Kier alpha value is -2.53. The molecule has 1 aliphatic rings. The van der Waals surface area contributed by atoms with Crippen molar-refractivity contribution in [1.29, 1.82) is 0 Å². The van der Waals surface area contributed by atoms with Gasteiger partial charge in [-0.05, 0) is 49.2 Å². The van der Waals surface area contributed by atoms with Crippen molar-refractivity contribution in [3.05, 3.63) is 65.7 Å². The van der Waals surface area contributed by atoms with E-state index in [2.05, 4.69) is 11.8 Å². The van der Waals surface area contributed by atoms with Gasteiger partial charge in [0.25, 0.3) is 0 Å². The van der Waals surface area contributed by atoms with Crippen LogP contribution in [-0.4, -0.2) is 12.9 Å². The lowest BCUT2D eigenvalue weighted by molar-refractivity contribution is 0.0935. The normalized spacial score (nSPS) is 14.7. The first-order valence-electron chi connectivity index (χ1n) is 7.01. The van der Waals surface area contributed by atoms with E-state index in [0.29, 0.717) is 5.56 Å². The first-order chi connectivity index (χ1) is 10.2. The van der Waals surface area contributed by atoms with Gasteiger partial charge in [0.15, 0.2) is 5.78 Å². The Morgan fingerprint density at radius 2 is 1.71 bits per heavy atom. The fraction of sp³-hybridized carbons (Fsp3) is 0.211. The van der Waals surface area contributed by atoms with Crippen molar-refractivity contribution in [3.63, 3.8) is 0 Å². The Labute approximate surface area is 124 Å². The lowest BCUT2D eigenvalue weighted by atomic mass is 9.95. The maximum absolute atomic E-state index is 12.6. The van der Waals surface area contributed by atoms with E-state index in [-0.39, 0.29) is 5.78 Å². The molecule has 0 amide bonds. The van der Waals surface area contributed by atoms with E-state index in [0.717, 1.165) is 24.2 Å². The standard InChI is InChI=1S/C19H16O2/c1-21-17-9-7-16(8-10-17)18(20)19(13-14-19)12-11-15-5-3-2-4-6-15/h2-10H,13-14H2,1H3. The average Bonchev–Trinajstić information content (AvgIpc) is 3.34. The highest BCUT2D eigenvalue weighted by Gasteiger charge is 2.48. The maximum Gasteiger partial charge on any atom is 0.180 e. The number of ether oxygens (including phenoxy) is 1. The summed E-state index contributed by atoms with van der Waals surface area (Å²) in [7, 11) is 1.62. The van der Waals surface area contributed by atoms with Gasteiger partial charge in [-0.2, -0.15) is 0 Å². The van der Waals surface area contributed by atoms with Crippen LogP contribution in [0.25, 0.3) is 0 Å². The minimum atomic E-state index is -0.482. The molecule has 0 N–H and O–H groups in total. The van der Waals surface area contributed by atoms with Gasteiger partial charge >= 0.3 is 0 Å². The highest BCUT2D eigenvalue weighted by molar-refractivity contribution is 6.04. The van der Waals surface area contributed by atoms with Crippen LogP contribution in [0.3, 0.4) is 0 Å². The van der Waals surface area contributed by atoms with Gasteiger partial charge in [0.05, 0.1) is 12.5 Å². The van der Waals surface area contributed by atoms with Crippen molar-refractivity contribution in [2.24, 2.45) is 5.41 Å². The zero-order chi connectivity index (χ0) is 14.7. The Morgan fingerprint density at radius 3 is 2.29 bits per heavy atom. The van der Waals surface area contributed by atoms with Gasteiger partial charge in [0.1, 0.15) is 5.75 Å². The van der Waals surface area contributed by atoms with E-state index < -0.39 is 5.41 Å². The molecule has 1 saturated carbocycles. The molecule has 0 saturated heterocycles. The molecule has 2 nitrogen and oxygen atoms in total. The molecule has 0 aliphatic heterocycles. The fourth-order valence-electron chi connectivity index (χ4n) is 2.27. The van der Waals surface area contributed by atoms with E-state index in [1.54, 1.807) is 7.11 Å². The van der Waals surface area contributed by atoms with Crippen LogP contribution in [0.4, 0.5) is 0 Å². The summed E-state index contributed by atoms with van der Waals surface area (Å²) >= 11 is 0. The molecule has 2 heteroatoms. The van der Waals surface area contributed by atoms with Crippen molar-refractivity contribution in [1.82, 2.24) is 0 Å². The number of benzene rings is 2. The molecule has 0 atom stereocenters. The summed E-state index contributed by atoms with van der Waals surface area (Å²) in [4.78, 5) is 12.6. The van der Waals surface area contributed by atoms with Gasteiger partial charge in [0, 0.05) is 11.1 Å². The Morgan fingerprint density at radius 1 is 1.05 bits per heavy atom. The molecule has 3 rings (SSSR count). The molecule has 0 unspecified atom stereocenters. The molecule has 2 aromatic carbocycles. The van der Waals surface area contributed by atoms with E-state index >= 15 is 0 Å². The van der Waals surface area contributed by atoms with Crippen LogP contribution in [0, 0.1) is 17.3 Å². The van der Waals surface area contributed by atoms with Crippen molar-refractivity contribution in [2.75, 3.05) is 7.11 Å². The van der Waals surface area contributed by atoms with Gasteiger partial charge < -0.3 is 4.74 Å². The first-order valence-corrected chi connectivity index (χ1v) is 7.01. The lowest BCUT2D eigenvalue weighted by Crippen LogP contribution is -2.14. The lowest BCUT2D eigenvalue weighted by Gasteiger charge is -2.07. The quantitative estimate of drug-likeness (QED) is 0.631. The number of carbonyl (C=O) groups excluding carboxylic acids is 1. The van der Waals surface area contributed by atoms with E-state index in [9.17, 15) is 4.79 Å². The molecule has 0 spiro atoms. The molecule has 0 heterocycles. The summed E-state index contributed by atoms with van der Waals surface area (Å²) in [5.74, 6) is 7.18. The smallest absolute Gasteiger partial charge is 0.180 e. The van der Waals surface area contributed by atoms with Crippen LogP contribution in [0.5, 0.6) is 5.75 Å². The van der Waals surface area contributed by atoms with E-state index in [4.69, 9.17) is 4.74 Å². The SMILES string of the molecule is COc1ccc(C(=O)C2(C#Cc3ccccc3)CC2)cc1. The second-order valence-electron chi connectivity index (χ2n) is 5.26. The van der Waals surface area contributed by atoms with Gasteiger partial charge in [0.2, 0.25) is 0 Å². The van der Waals surface area contributed by atoms with E-state index in [1.165, 1.54) is 0 Å². The number of Topliss-reactive ketones (excluding diaryl/α,β-unsaturated/α-hetero) is 1. The molecule has 104 valence electrons. The molecule has 0 bridgehead atoms. The zero-order valence-corrected chi connectivity index (χ0v) is 11.9. The summed E-state index contributed by atoms with van der Waals surface area (Å²) in [6, 6.07) is 17.0. The minimum absolute atomic E-state index is 0.119. The van der Waals surface area contributed by atoms with Gasteiger partial charge in [-0.15, -0.1) is 0 Å². The second-order valence-corrected chi connectivity index (χ2v) is 5.26. The van der Waals surface area contributed by atoms with Crippen LogP contribution < -0.4 is 4.74 Å². The number of rotatable bonds is 3. The maximum atomic E-state index is 12.6. The van der Waals surface area contributed by atoms with Crippen LogP contribution in [0.2, 0.25) is 0 Å². The summed E-state index contributed by atoms with van der Waals surface area (Å²) in [6.45, 7) is 0. The number of hydrogen-bond donors (Lipinski definition) is 0. The third-order valence-corrected chi connectivity index (χ3v) is 3.76. The molecule has 21 heavy (non-hydrogen) atoms. The van der Waals surface area contributed by atoms with Crippen LogP contribution in [-0.2, 0) is 0 Å². The van der Waals surface area contributed by atoms with E-state index in [1.807, 2.05) is 54.6 Å². The van der Waals surface area contributed by atoms with Crippen molar-refractivity contribution in [2.45, 2.75) is 12.8 Å². The van der Waals surface area contributed by atoms with Crippen molar-refractivity contribution in [3.8, 4) is 17.6 Å². The number of carbonyl (C=O) groups is 1. The third-order valence-electron chi connectivity index (χ3n) is 3.76. The molecule has 2 aromatic rings. The topological polar surface area (TPSA) is 26.3 Å². The van der Waals surface area contributed by atoms with Gasteiger partial charge in [-0.1, -0.05) is 30.0 Å². The Kier molecular flexibility index (Phi) is 3.50. The summed E-state index contributed by atoms with van der Waals surface area (Å²) in [5, 5.41) is 0. The Balaban J connectivity index is 1.82. The molecule has 0 aromatic heterocycles. The minimum Gasteiger partial charge on any atom is -0.497 e. The summed E-state index contributed by atoms with van der Waals surface area (Å²) in [5.41, 5.74) is 1.17. The first kappa shape index (κ1) is 13.5. The monoisotopic (exact) mass is 276 g/mol. The van der Waals surface area contributed by atoms with Crippen LogP contribution in [0.15, 0.2) is 54.6 Å². The number of methoxy groups -OCH3 is 1. The number of hydrogen-bond acceptors (Lipinski definition) is 2. The van der Waals surface area contributed by atoms with Crippen LogP contribution in [0.1, 0.15) is 28.8 Å². The average molecular weight is 276 g/mol. The molecular formula is C19H16O2. The van der Waals surface area contributed by atoms with Crippen molar-refractivity contribution >= 4 is 5.78 Å². The fourth-order valence-corrected chi connectivity index (χ4v) is 2.27. The summed E-state index contributed by atoms with van der Waals surface area (Å²) in [6.07, 6.45) is 1.69. The highest BCUT2D eigenvalue weighted by atomic mass is 16.5. The third kappa shape index (κ3) is 2.83. The Bertz CT molecular complexity index is 699.